The van der Waals surface area contributed by atoms with E-state index in [1.54, 1.807) is 6.20 Å². The van der Waals surface area contributed by atoms with Crippen LogP contribution in [0.4, 0.5) is 0 Å². The monoisotopic (exact) mass is 380 g/mol. The maximum absolute atomic E-state index is 12.9. The molecule has 2 N–H and O–H groups in total. The predicted molar refractivity (Wildman–Crippen MR) is 105 cm³/mol. The summed E-state index contributed by atoms with van der Waals surface area (Å²) in [7, 11) is 0. The largest absolute Gasteiger partial charge is 0.365 e. The van der Waals surface area contributed by atoms with Crippen LogP contribution >= 0.6 is 11.3 Å². The third kappa shape index (κ3) is 3.30. The smallest absolute Gasteiger partial charge is 0.274 e. The van der Waals surface area contributed by atoms with Gasteiger partial charge in [0.1, 0.15) is 5.69 Å². The van der Waals surface area contributed by atoms with Gasteiger partial charge >= 0.3 is 0 Å². The lowest BCUT2D eigenvalue weighted by Crippen LogP contribution is -2.37. The van der Waals surface area contributed by atoms with Gasteiger partial charge in [0.05, 0.1) is 16.8 Å². The Labute approximate surface area is 161 Å². The number of carbonyl (C=O) groups excluding carboxylic acids is 2. The minimum atomic E-state index is -0.411. The number of rotatable bonds is 4. The molecule has 1 aliphatic heterocycles. The minimum Gasteiger partial charge on any atom is -0.365 e. The van der Waals surface area contributed by atoms with E-state index in [9.17, 15) is 9.59 Å². The molecule has 0 unspecified atom stereocenters. The van der Waals surface area contributed by atoms with Gasteiger partial charge in [0.2, 0.25) is 0 Å². The molecule has 0 saturated carbocycles. The van der Waals surface area contributed by atoms with Crippen LogP contribution in [0.5, 0.6) is 0 Å². The lowest BCUT2D eigenvalue weighted by molar-refractivity contribution is 0.0730. The van der Waals surface area contributed by atoms with Crippen LogP contribution in [0.15, 0.2) is 36.7 Å². The first-order valence-electron chi connectivity index (χ1n) is 8.94. The average Bonchev–Trinajstić information content (AvgIpc) is 3.27. The third-order valence-corrected chi connectivity index (χ3v) is 6.23. The van der Waals surface area contributed by atoms with Crippen molar-refractivity contribution in [2.24, 2.45) is 5.73 Å². The number of likely N-dealkylation sites (tertiary alicyclic amines) is 1. The van der Waals surface area contributed by atoms with E-state index in [0.29, 0.717) is 23.5 Å². The number of fused-ring (bicyclic) bond motifs is 1. The molecule has 0 aliphatic carbocycles. The van der Waals surface area contributed by atoms with Gasteiger partial charge in [0.15, 0.2) is 0 Å². The van der Waals surface area contributed by atoms with Crippen molar-refractivity contribution in [1.29, 1.82) is 0 Å². The van der Waals surface area contributed by atoms with Crippen molar-refractivity contribution in [2.45, 2.75) is 32.2 Å². The lowest BCUT2D eigenvalue weighted by Gasteiger charge is -2.24. The summed E-state index contributed by atoms with van der Waals surface area (Å²) in [5.41, 5.74) is 7.71. The van der Waals surface area contributed by atoms with Crippen LogP contribution in [-0.4, -0.2) is 39.3 Å². The van der Waals surface area contributed by atoms with E-state index < -0.39 is 5.91 Å². The van der Waals surface area contributed by atoms with Gasteiger partial charge in [-0.05, 0) is 43.2 Å². The topological polar surface area (TPSA) is 89.2 Å². The summed E-state index contributed by atoms with van der Waals surface area (Å²) in [6.07, 6.45) is 5.59. The summed E-state index contributed by atoms with van der Waals surface area (Å²) in [5, 5.41) is 1.05. The number of hydrogen-bond donors (Lipinski definition) is 1. The molecule has 1 saturated heterocycles. The fourth-order valence-electron chi connectivity index (χ4n) is 3.70. The Bertz CT molecular complexity index is 1010. The molecule has 0 spiro atoms. The van der Waals surface area contributed by atoms with E-state index in [-0.39, 0.29) is 11.9 Å². The highest BCUT2D eigenvalue weighted by Gasteiger charge is 2.32. The molecule has 3 heterocycles. The highest BCUT2D eigenvalue weighted by atomic mass is 32.1. The van der Waals surface area contributed by atoms with Crippen molar-refractivity contribution in [2.75, 3.05) is 6.54 Å². The Kier molecular flexibility index (Phi) is 4.61. The summed E-state index contributed by atoms with van der Waals surface area (Å²) in [6.45, 7) is 2.53. The molecule has 6 nitrogen and oxygen atoms in total. The molecule has 0 radical (unpaired) electrons. The summed E-state index contributed by atoms with van der Waals surface area (Å²) in [5.74, 6) is -0.517. The number of thiophene rings is 1. The second kappa shape index (κ2) is 7.08. The molecular formula is C20H20N4O2S. The molecule has 1 aliphatic rings. The Morgan fingerprint density at radius 3 is 2.81 bits per heavy atom. The number of carbonyl (C=O) groups is 2. The van der Waals surface area contributed by atoms with E-state index in [0.717, 1.165) is 34.2 Å². The van der Waals surface area contributed by atoms with Crippen LogP contribution in [-0.2, 0) is 6.42 Å². The maximum atomic E-state index is 12.9. The summed E-state index contributed by atoms with van der Waals surface area (Å²) < 4.78 is 1.04. The zero-order chi connectivity index (χ0) is 19.0. The molecule has 2 aromatic heterocycles. The number of benzene rings is 1. The van der Waals surface area contributed by atoms with Gasteiger partial charge in [-0.15, -0.1) is 11.3 Å². The Hall–Kier alpha value is -2.80. The zero-order valence-electron chi connectivity index (χ0n) is 15.0. The summed E-state index contributed by atoms with van der Waals surface area (Å²) in [4.78, 5) is 35.7. The Morgan fingerprint density at radius 1 is 1.26 bits per heavy atom. The SMILES string of the molecule is Cc1cnc(C(=O)N2CCC[C@@H]2Cc2c(C(N)=O)sc3ccccc23)cn1. The molecule has 27 heavy (non-hydrogen) atoms. The van der Waals surface area contributed by atoms with Gasteiger partial charge in [-0.25, -0.2) is 4.98 Å². The highest BCUT2D eigenvalue weighted by Crippen LogP contribution is 2.34. The fraction of sp³-hybridized carbons (Fsp3) is 0.300. The molecular weight excluding hydrogens is 360 g/mol. The quantitative estimate of drug-likeness (QED) is 0.754. The van der Waals surface area contributed by atoms with Crippen molar-refractivity contribution < 1.29 is 9.59 Å². The molecule has 4 rings (SSSR count). The van der Waals surface area contributed by atoms with Crippen LogP contribution < -0.4 is 5.73 Å². The molecule has 138 valence electrons. The van der Waals surface area contributed by atoms with Gasteiger partial charge < -0.3 is 10.6 Å². The number of primary amides is 1. The molecule has 1 aromatic carbocycles. The molecule has 1 fully saturated rings. The number of nitrogens with two attached hydrogens (primary N) is 1. The second-order valence-electron chi connectivity index (χ2n) is 6.81. The number of amides is 2. The van der Waals surface area contributed by atoms with Crippen molar-refractivity contribution in [3.05, 3.63) is 58.5 Å². The number of nitrogens with zero attached hydrogens (tertiary/aromatic N) is 3. The first kappa shape index (κ1) is 17.6. The van der Waals surface area contributed by atoms with Crippen molar-refractivity contribution >= 4 is 33.2 Å². The first-order valence-corrected chi connectivity index (χ1v) is 9.76. The molecule has 2 amide bonds. The standard InChI is InChI=1S/C20H20N4O2S/c1-12-10-23-16(11-22-12)20(26)24-8-4-5-13(24)9-15-14-6-2-3-7-17(14)27-18(15)19(21)25/h2-3,6-7,10-11,13H,4-5,8-9H2,1H3,(H2,21,25)/t13-/m1/s1. The average molecular weight is 380 g/mol. The Morgan fingerprint density at radius 2 is 2.07 bits per heavy atom. The van der Waals surface area contributed by atoms with Crippen LogP contribution in [0.1, 0.15) is 44.3 Å². The summed E-state index contributed by atoms with van der Waals surface area (Å²) >= 11 is 1.42. The molecule has 0 bridgehead atoms. The Balaban J connectivity index is 1.65. The number of aryl methyl sites for hydroxylation is 1. The second-order valence-corrected chi connectivity index (χ2v) is 7.86. The van der Waals surface area contributed by atoms with E-state index in [1.165, 1.54) is 17.5 Å². The van der Waals surface area contributed by atoms with Crippen LogP contribution in [0.2, 0.25) is 0 Å². The van der Waals surface area contributed by atoms with Gasteiger partial charge in [0, 0.05) is 23.5 Å². The maximum Gasteiger partial charge on any atom is 0.274 e. The summed E-state index contributed by atoms with van der Waals surface area (Å²) in [6, 6.07) is 7.95. The predicted octanol–water partition coefficient (Wildman–Crippen LogP) is 2.95. The highest BCUT2D eigenvalue weighted by molar-refractivity contribution is 7.21. The van der Waals surface area contributed by atoms with Gasteiger partial charge in [-0.3, -0.25) is 14.6 Å². The van der Waals surface area contributed by atoms with Gasteiger partial charge in [0.25, 0.3) is 11.8 Å². The van der Waals surface area contributed by atoms with E-state index in [1.807, 2.05) is 36.1 Å². The van der Waals surface area contributed by atoms with E-state index in [2.05, 4.69) is 9.97 Å². The molecule has 7 heteroatoms. The molecule has 1 atom stereocenters. The fourth-order valence-corrected chi connectivity index (χ4v) is 4.79. The third-order valence-electron chi connectivity index (χ3n) is 5.00. The van der Waals surface area contributed by atoms with Crippen molar-refractivity contribution in [3.8, 4) is 0 Å². The van der Waals surface area contributed by atoms with Gasteiger partial charge in [-0.1, -0.05) is 18.2 Å². The lowest BCUT2D eigenvalue weighted by atomic mass is 10.0. The molecule has 3 aromatic rings. The zero-order valence-corrected chi connectivity index (χ0v) is 15.8. The minimum absolute atomic E-state index is 0.0247. The number of aromatic nitrogens is 2. The van der Waals surface area contributed by atoms with Crippen LogP contribution in [0, 0.1) is 6.92 Å². The normalized spacial score (nSPS) is 16.8. The van der Waals surface area contributed by atoms with Crippen LogP contribution in [0.25, 0.3) is 10.1 Å². The first-order chi connectivity index (χ1) is 13.0. The number of hydrogen-bond acceptors (Lipinski definition) is 5. The van der Waals surface area contributed by atoms with Gasteiger partial charge in [-0.2, -0.15) is 0 Å². The van der Waals surface area contributed by atoms with E-state index in [4.69, 9.17) is 5.73 Å². The van der Waals surface area contributed by atoms with Crippen molar-refractivity contribution in [1.82, 2.24) is 14.9 Å². The van der Waals surface area contributed by atoms with Crippen molar-refractivity contribution in [3.63, 3.8) is 0 Å². The van der Waals surface area contributed by atoms with E-state index >= 15 is 0 Å². The van der Waals surface area contributed by atoms with Crippen LogP contribution in [0.3, 0.4) is 0 Å².